The monoisotopic (exact) mass is 415 g/mol. The van der Waals surface area contributed by atoms with Gasteiger partial charge in [0.2, 0.25) is 5.91 Å². The maximum Gasteiger partial charge on any atom is 0.312 e. The summed E-state index contributed by atoms with van der Waals surface area (Å²) in [4.78, 5) is 26.8. The minimum atomic E-state index is -0.679. The molecule has 2 unspecified atom stereocenters. The minimum Gasteiger partial charge on any atom is -0.457 e. The molecular weight excluding hydrogens is 390 g/mol. The Morgan fingerprint density at radius 2 is 1.74 bits per heavy atom. The number of benzene rings is 3. The van der Waals surface area contributed by atoms with Crippen LogP contribution in [0.3, 0.4) is 0 Å². The van der Waals surface area contributed by atoms with E-state index in [0.29, 0.717) is 11.5 Å². The van der Waals surface area contributed by atoms with Gasteiger partial charge in [0, 0.05) is 11.7 Å². The highest BCUT2D eigenvalue weighted by atomic mass is 16.5. The highest BCUT2D eigenvalue weighted by molar-refractivity contribution is 5.96. The zero-order valence-corrected chi connectivity index (χ0v) is 17.3. The number of hydrogen-bond acceptors (Lipinski definition) is 3. The van der Waals surface area contributed by atoms with Gasteiger partial charge in [-0.2, -0.15) is 0 Å². The number of primary amides is 1. The minimum absolute atomic E-state index is 0.0619. The third-order valence-electron chi connectivity index (χ3n) is 5.41. The number of nitrogens with one attached hydrogen (secondary N) is 1. The first-order valence-corrected chi connectivity index (χ1v) is 10.3. The van der Waals surface area contributed by atoms with E-state index in [0.717, 1.165) is 23.2 Å². The molecule has 1 aliphatic heterocycles. The molecule has 0 radical (unpaired) electrons. The summed E-state index contributed by atoms with van der Waals surface area (Å²) in [5.74, 6) is 1.26. The average Bonchev–Trinajstić information content (AvgIpc) is 3.09. The molecule has 31 heavy (non-hydrogen) atoms. The number of hydrogen-bond donors (Lipinski definition) is 2. The Morgan fingerprint density at radius 3 is 2.52 bits per heavy atom. The fourth-order valence-corrected chi connectivity index (χ4v) is 4.06. The quantitative estimate of drug-likeness (QED) is 0.619. The predicted molar refractivity (Wildman–Crippen MR) is 120 cm³/mol. The lowest BCUT2D eigenvalue weighted by Crippen LogP contribution is -2.40. The number of rotatable bonds is 6. The number of para-hydroxylation sites is 2. The molecule has 3 aromatic carbocycles. The van der Waals surface area contributed by atoms with Gasteiger partial charge in [-0.1, -0.05) is 48.5 Å². The molecule has 6 heteroatoms. The fraction of sp³-hybridized carbons (Fsp3) is 0.200. The van der Waals surface area contributed by atoms with Crippen LogP contribution in [-0.4, -0.2) is 18.0 Å². The van der Waals surface area contributed by atoms with Crippen LogP contribution in [0.4, 0.5) is 10.5 Å². The zero-order valence-electron chi connectivity index (χ0n) is 17.3. The summed E-state index contributed by atoms with van der Waals surface area (Å²) in [5.41, 5.74) is 8.25. The molecule has 3 N–H and O–H groups in total. The number of ether oxygens (including phenoxy) is 1. The van der Waals surface area contributed by atoms with E-state index in [4.69, 9.17) is 10.5 Å². The van der Waals surface area contributed by atoms with Crippen LogP contribution in [0.15, 0.2) is 78.9 Å². The maximum atomic E-state index is 13.3. The Bertz CT molecular complexity index is 1080. The summed E-state index contributed by atoms with van der Waals surface area (Å²) in [5, 5.41) is 2.72. The number of urea groups is 1. The van der Waals surface area contributed by atoms with Gasteiger partial charge in [-0.15, -0.1) is 0 Å². The van der Waals surface area contributed by atoms with E-state index in [1.54, 1.807) is 0 Å². The summed E-state index contributed by atoms with van der Waals surface area (Å²) >= 11 is 0. The van der Waals surface area contributed by atoms with Gasteiger partial charge < -0.3 is 20.7 Å². The molecular formula is C25H25N3O3. The maximum absolute atomic E-state index is 13.3. The zero-order chi connectivity index (χ0) is 21.8. The summed E-state index contributed by atoms with van der Waals surface area (Å²) in [6, 6.07) is 23.5. The van der Waals surface area contributed by atoms with Crippen molar-refractivity contribution in [2.75, 3.05) is 4.90 Å². The van der Waals surface area contributed by atoms with Crippen molar-refractivity contribution >= 4 is 17.6 Å². The van der Waals surface area contributed by atoms with Crippen molar-refractivity contribution in [2.45, 2.75) is 31.8 Å². The summed E-state index contributed by atoms with van der Waals surface area (Å²) in [7, 11) is 0. The van der Waals surface area contributed by atoms with Crippen molar-refractivity contribution in [3.05, 3.63) is 90.0 Å². The number of carbonyl (C=O) groups excluding carboxylic acids is 2. The lowest BCUT2D eigenvalue weighted by atomic mass is 10.0. The van der Waals surface area contributed by atoms with Crippen LogP contribution in [0.25, 0.3) is 0 Å². The van der Waals surface area contributed by atoms with Crippen LogP contribution in [-0.2, 0) is 11.2 Å². The topological polar surface area (TPSA) is 84.7 Å². The van der Waals surface area contributed by atoms with Gasteiger partial charge in [-0.05, 0) is 54.8 Å². The lowest BCUT2D eigenvalue weighted by molar-refractivity contribution is -0.119. The normalized spacial score (nSPS) is 15.8. The molecule has 0 fully saturated rings. The molecule has 0 saturated heterocycles. The number of nitrogens with zero attached hydrogens (tertiary/aromatic N) is 1. The number of carbonyl (C=O) groups is 2. The molecule has 0 saturated carbocycles. The summed E-state index contributed by atoms with van der Waals surface area (Å²) in [6.45, 7) is 2.03. The average molecular weight is 415 g/mol. The first-order valence-electron chi connectivity index (χ1n) is 10.3. The largest absolute Gasteiger partial charge is 0.457 e. The highest BCUT2D eigenvalue weighted by Gasteiger charge is 2.32. The van der Waals surface area contributed by atoms with E-state index < -0.39 is 12.1 Å². The third kappa shape index (κ3) is 4.69. The molecule has 3 amide bonds. The molecule has 1 aliphatic rings. The van der Waals surface area contributed by atoms with Crippen molar-refractivity contribution in [2.24, 2.45) is 5.73 Å². The second-order valence-corrected chi connectivity index (χ2v) is 7.70. The molecule has 1 heterocycles. The SMILES string of the molecule is CC1Cc2ccccc2N1C(=O)CC(NC(N)=O)c1cccc(Oc2ccccc2)c1. The van der Waals surface area contributed by atoms with Crippen LogP contribution in [0, 0.1) is 0 Å². The first-order chi connectivity index (χ1) is 15.0. The van der Waals surface area contributed by atoms with Gasteiger partial charge in [0.05, 0.1) is 12.5 Å². The second kappa shape index (κ2) is 8.92. The number of nitrogens with two attached hydrogens (primary N) is 1. The van der Waals surface area contributed by atoms with Gasteiger partial charge in [0.25, 0.3) is 0 Å². The van der Waals surface area contributed by atoms with Crippen LogP contribution in [0.2, 0.25) is 0 Å². The van der Waals surface area contributed by atoms with Crippen LogP contribution in [0.5, 0.6) is 11.5 Å². The number of fused-ring (bicyclic) bond motifs is 1. The predicted octanol–water partition coefficient (Wildman–Crippen LogP) is 4.56. The van der Waals surface area contributed by atoms with Crippen LogP contribution < -0.4 is 20.7 Å². The van der Waals surface area contributed by atoms with Gasteiger partial charge >= 0.3 is 6.03 Å². The molecule has 0 spiro atoms. The van der Waals surface area contributed by atoms with Gasteiger partial charge in [0.1, 0.15) is 11.5 Å². The van der Waals surface area contributed by atoms with Crippen LogP contribution >= 0.6 is 0 Å². The highest BCUT2D eigenvalue weighted by Crippen LogP contribution is 2.34. The van der Waals surface area contributed by atoms with E-state index in [1.807, 2.05) is 90.7 Å². The van der Waals surface area contributed by atoms with E-state index in [9.17, 15) is 9.59 Å². The van der Waals surface area contributed by atoms with Gasteiger partial charge in [-0.25, -0.2) is 4.79 Å². The van der Waals surface area contributed by atoms with Crippen molar-refractivity contribution in [1.82, 2.24) is 5.32 Å². The summed E-state index contributed by atoms with van der Waals surface area (Å²) in [6.07, 6.45) is 0.909. The van der Waals surface area contributed by atoms with E-state index in [2.05, 4.69) is 5.32 Å². The van der Waals surface area contributed by atoms with Crippen molar-refractivity contribution in [3.63, 3.8) is 0 Å². The Hall–Kier alpha value is -3.80. The van der Waals surface area contributed by atoms with Crippen molar-refractivity contribution in [3.8, 4) is 11.5 Å². The molecule has 2 atom stereocenters. The molecule has 158 valence electrons. The van der Waals surface area contributed by atoms with E-state index >= 15 is 0 Å². The van der Waals surface area contributed by atoms with Gasteiger partial charge in [-0.3, -0.25) is 4.79 Å². The molecule has 0 aromatic heterocycles. The molecule has 3 aromatic rings. The number of anilines is 1. The number of amides is 3. The van der Waals surface area contributed by atoms with Crippen molar-refractivity contribution < 1.29 is 14.3 Å². The van der Waals surface area contributed by atoms with Crippen LogP contribution in [0.1, 0.15) is 30.5 Å². The third-order valence-corrected chi connectivity index (χ3v) is 5.41. The smallest absolute Gasteiger partial charge is 0.312 e. The Balaban J connectivity index is 1.56. The van der Waals surface area contributed by atoms with Crippen molar-refractivity contribution in [1.29, 1.82) is 0 Å². The second-order valence-electron chi connectivity index (χ2n) is 7.70. The Kier molecular flexibility index (Phi) is 5.89. The first kappa shape index (κ1) is 20.5. The van der Waals surface area contributed by atoms with Gasteiger partial charge in [0.15, 0.2) is 0 Å². The lowest BCUT2D eigenvalue weighted by Gasteiger charge is -2.26. The molecule has 6 nitrogen and oxygen atoms in total. The Morgan fingerprint density at radius 1 is 1.03 bits per heavy atom. The fourth-order valence-electron chi connectivity index (χ4n) is 4.06. The Labute approximate surface area is 181 Å². The molecule has 4 rings (SSSR count). The standard InChI is InChI=1S/C25H25N3O3/c1-17-14-19-8-5-6-13-23(19)28(17)24(29)16-22(27-25(26)30)18-9-7-12-21(15-18)31-20-10-3-2-4-11-20/h2-13,15,17,22H,14,16H2,1H3,(H3,26,27,30). The van der Waals surface area contributed by atoms with E-state index in [-0.39, 0.29) is 18.4 Å². The molecule has 0 bridgehead atoms. The summed E-state index contributed by atoms with van der Waals surface area (Å²) < 4.78 is 5.90. The molecule has 0 aliphatic carbocycles. The van der Waals surface area contributed by atoms with E-state index in [1.165, 1.54) is 0 Å².